The fraction of sp³-hybridized carbons (Fsp3) is 0.125. The molecule has 0 fully saturated rings. The van der Waals surface area contributed by atoms with Crippen LogP contribution in [-0.2, 0) is 6.54 Å². The van der Waals surface area contributed by atoms with Gasteiger partial charge in [0, 0.05) is 19.0 Å². The Kier molecular flexibility index (Phi) is 5.25. The van der Waals surface area contributed by atoms with Gasteiger partial charge in [-0.05, 0) is 24.6 Å². The highest BCUT2D eigenvalue weighted by molar-refractivity contribution is 6.11. The summed E-state index contributed by atoms with van der Waals surface area (Å²) >= 11 is 0. The Morgan fingerprint density at radius 1 is 1.12 bits per heavy atom. The second kappa shape index (κ2) is 8.39. The molecule has 34 heavy (non-hydrogen) atoms. The molecule has 0 saturated heterocycles. The number of hydrogen-bond donors (Lipinski definition) is 3. The quantitative estimate of drug-likeness (QED) is 0.371. The first-order valence-corrected chi connectivity index (χ1v) is 10.5. The Bertz CT molecular complexity index is 1580. The van der Waals surface area contributed by atoms with Crippen molar-refractivity contribution < 1.29 is 9.18 Å². The van der Waals surface area contributed by atoms with E-state index < -0.39 is 17.3 Å². The van der Waals surface area contributed by atoms with E-state index in [2.05, 4.69) is 30.2 Å². The van der Waals surface area contributed by atoms with Gasteiger partial charge in [0.1, 0.15) is 17.3 Å². The number of aromatic nitrogens is 5. The second-order valence-corrected chi connectivity index (χ2v) is 7.93. The Morgan fingerprint density at radius 3 is 2.59 bits per heavy atom. The van der Waals surface area contributed by atoms with E-state index >= 15 is 0 Å². The highest BCUT2D eigenvalue weighted by atomic mass is 19.1. The van der Waals surface area contributed by atoms with Crippen LogP contribution < -0.4 is 15.8 Å². The van der Waals surface area contributed by atoms with Crippen molar-refractivity contribution >= 4 is 39.2 Å². The average molecular weight is 457 g/mol. The molecular weight excluding hydrogens is 437 g/mol. The normalized spacial score (nSPS) is 11.1. The number of carbonyl (C=O) groups excluding carboxylic acids is 1. The van der Waals surface area contributed by atoms with Crippen LogP contribution in [0.1, 0.15) is 22.0 Å². The van der Waals surface area contributed by atoms with Crippen LogP contribution in [0.2, 0.25) is 0 Å². The van der Waals surface area contributed by atoms with Crippen LogP contribution in [0.4, 0.5) is 15.8 Å². The molecular formula is C24H20FN7O2. The van der Waals surface area contributed by atoms with Crippen molar-refractivity contribution in [3.63, 3.8) is 0 Å². The van der Waals surface area contributed by atoms with Crippen LogP contribution >= 0.6 is 0 Å². The summed E-state index contributed by atoms with van der Waals surface area (Å²) in [4.78, 5) is 45.4. The predicted molar refractivity (Wildman–Crippen MR) is 127 cm³/mol. The third kappa shape index (κ3) is 3.96. The molecule has 3 heterocycles. The molecule has 0 spiro atoms. The zero-order chi connectivity index (χ0) is 23.8. The summed E-state index contributed by atoms with van der Waals surface area (Å²) in [5.74, 6) is -0.741. The lowest BCUT2D eigenvalue weighted by molar-refractivity contribution is 0.101. The molecule has 5 aromatic rings. The first-order valence-electron chi connectivity index (χ1n) is 10.5. The molecule has 170 valence electrons. The number of fused-ring (bicyclic) bond motifs is 3. The fourth-order valence-corrected chi connectivity index (χ4v) is 3.85. The summed E-state index contributed by atoms with van der Waals surface area (Å²) in [5.41, 5.74) is 2.17. The van der Waals surface area contributed by atoms with E-state index in [1.807, 2.05) is 42.3 Å². The molecule has 0 aliphatic heterocycles. The maximum atomic E-state index is 14.6. The Labute approximate surface area is 192 Å². The number of aromatic amines is 2. The minimum absolute atomic E-state index is 0.180. The average Bonchev–Trinajstić information content (AvgIpc) is 3.19. The Morgan fingerprint density at radius 2 is 1.85 bits per heavy atom. The smallest absolute Gasteiger partial charge is 0.291 e. The van der Waals surface area contributed by atoms with Gasteiger partial charge in [-0.1, -0.05) is 30.3 Å². The lowest BCUT2D eigenvalue weighted by atomic mass is 10.1. The molecule has 3 aromatic heterocycles. The summed E-state index contributed by atoms with van der Waals surface area (Å²) in [6, 6.07) is 12.5. The van der Waals surface area contributed by atoms with Crippen LogP contribution in [0.25, 0.3) is 21.9 Å². The maximum Gasteiger partial charge on any atom is 0.291 e. The first-order chi connectivity index (χ1) is 16.4. The van der Waals surface area contributed by atoms with Crippen molar-refractivity contribution in [2.75, 3.05) is 17.3 Å². The van der Waals surface area contributed by atoms with E-state index in [-0.39, 0.29) is 16.9 Å². The molecule has 10 heteroatoms. The number of hydrogen-bond acceptors (Lipinski definition) is 6. The number of benzene rings is 2. The minimum atomic E-state index is -0.627. The molecule has 9 nitrogen and oxygen atoms in total. The van der Waals surface area contributed by atoms with E-state index in [0.717, 1.165) is 5.56 Å². The largest absolute Gasteiger partial charge is 0.368 e. The summed E-state index contributed by atoms with van der Waals surface area (Å²) in [7, 11) is 1.84. The van der Waals surface area contributed by atoms with Gasteiger partial charge in [0.2, 0.25) is 5.82 Å². The van der Waals surface area contributed by atoms with Crippen molar-refractivity contribution in [2.24, 2.45) is 0 Å². The Hall–Kier alpha value is -4.60. The van der Waals surface area contributed by atoms with E-state index in [0.29, 0.717) is 34.6 Å². The minimum Gasteiger partial charge on any atom is -0.368 e. The molecule has 0 unspecified atom stereocenters. The molecule has 1 amide bonds. The summed E-state index contributed by atoms with van der Waals surface area (Å²) in [6.07, 6.45) is 2.91. The number of anilines is 2. The van der Waals surface area contributed by atoms with Gasteiger partial charge >= 0.3 is 0 Å². The van der Waals surface area contributed by atoms with Crippen LogP contribution in [0.15, 0.2) is 59.7 Å². The Balaban J connectivity index is 1.56. The van der Waals surface area contributed by atoms with Gasteiger partial charge in [0.25, 0.3) is 11.5 Å². The fourth-order valence-electron chi connectivity index (χ4n) is 3.85. The van der Waals surface area contributed by atoms with Crippen molar-refractivity contribution in [1.82, 2.24) is 24.9 Å². The van der Waals surface area contributed by atoms with Crippen LogP contribution in [0.3, 0.4) is 0 Å². The van der Waals surface area contributed by atoms with Gasteiger partial charge in [-0.3, -0.25) is 9.59 Å². The lowest BCUT2D eigenvalue weighted by Crippen LogP contribution is -2.21. The number of nitrogens with zero attached hydrogens (tertiary/aromatic N) is 4. The highest BCUT2D eigenvalue weighted by Gasteiger charge is 2.19. The van der Waals surface area contributed by atoms with E-state index in [1.54, 1.807) is 6.92 Å². The van der Waals surface area contributed by atoms with Gasteiger partial charge in [-0.25, -0.2) is 19.3 Å². The van der Waals surface area contributed by atoms with Crippen molar-refractivity contribution in [3.05, 3.63) is 88.2 Å². The molecule has 5 rings (SSSR count). The van der Waals surface area contributed by atoms with Crippen LogP contribution in [-0.4, -0.2) is 37.9 Å². The molecule has 0 saturated carbocycles. The zero-order valence-electron chi connectivity index (χ0n) is 18.4. The third-order valence-electron chi connectivity index (χ3n) is 5.44. The number of halogens is 1. The van der Waals surface area contributed by atoms with Crippen molar-refractivity contribution in [3.8, 4) is 0 Å². The molecule has 0 bridgehead atoms. The number of carbonyl (C=O) groups is 1. The number of rotatable bonds is 5. The van der Waals surface area contributed by atoms with E-state index in [4.69, 9.17) is 0 Å². The second-order valence-electron chi connectivity index (χ2n) is 7.93. The van der Waals surface area contributed by atoms with Gasteiger partial charge in [0.05, 0.1) is 34.7 Å². The summed E-state index contributed by atoms with van der Waals surface area (Å²) < 4.78 is 14.6. The monoisotopic (exact) mass is 457 g/mol. The lowest BCUT2D eigenvalue weighted by Gasteiger charge is -2.20. The maximum absolute atomic E-state index is 14.6. The summed E-state index contributed by atoms with van der Waals surface area (Å²) in [6.45, 7) is 2.26. The summed E-state index contributed by atoms with van der Waals surface area (Å²) in [5, 5.41) is 3.16. The van der Waals surface area contributed by atoms with E-state index in [1.165, 1.54) is 24.5 Å². The SMILES string of the molecule is Cc1ncc(NC(=O)c2nc3[nH]c4c(N(C)Cc5ccccc5)cc(F)cc4c3c(=O)[nH]2)cn1. The number of aryl methyl sites for hydroxylation is 1. The molecule has 0 atom stereocenters. The van der Waals surface area contributed by atoms with Gasteiger partial charge in [0.15, 0.2) is 0 Å². The van der Waals surface area contributed by atoms with Crippen LogP contribution in [0, 0.1) is 12.7 Å². The first kappa shape index (κ1) is 21.3. The zero-order valence-corrected chi connectivity index (χ0v) is 18.4. The van der Waals surface area contributed by atoms with E-state index in [9.17, 15) is 14.0 Å². The van der Waals surface area contributed by atoms with Gasteiger partial charge < -0.3 is 20.2 Å². The highest BCUT2D eigenvalue weighted by Crippen LogP contribution is 2.31. The van der Waals surface area contributed by atoms with Crippen LogP contribution in [0.5, 0.6) is 0 Å². The van der Waals surface area contributed by atoms with Gasteiger partial charge in [-0.15, -0.1) is 0 Å². The molecule has 0 radical (unpaired) electrons. The van der Waals surface area contributed by atoms with Crippen molar-refractivity contribution in [2.45, 2.75) is 13.5 Å². The topological polar surface area (TPSA) is 120 Å². The molecule has 2 aromatic carbocycles. The number of H-pyrrole nitrogens is 2. The predicted octanol–water partition coefficient (Wildman–Crippen LogP) is 3.53. The third-order valence-corrected chi connectivity index (χ3v) is 5.44. The van der Waals surface area contributed by atoms with Gasteiger partial charge in [-0.2, -0.15) is 0 Å². The number of amides is 1. The molecule has 0 aliphatic rings. The molecule has 3 N–H and O–H groups in total. The molecule has 0 aliphatic carbocycles. The number of nitrogens with one attached hydrogen (secondary N) is 3. The standard InChI is InChI=1S/C24H20FN7O2/c1-13-26-10-16(11-27-13)28-24(34)22-30-21-19(23(33)31-22)17-8-15(25)9-18(20(17)29-21)32(2)12-14-6-4-3-5-7-14/h3-11H,12H2,1-2H3,(H,28,34)(H2,29,30,31,33). The van der Waals surface area contributed by atoms with Crippen molar-refractivity contribution in [1.29, 1.82) is 0 Å².